The van der Waals surface area contributed by atoms with Gasteiger partial charge in [-0.1, -0.05) is 13.8 Å². The van der Waals surface area contributed by atoms with Crippen LogP contribution in [0, 0.1) is 5.41 Å². The van der Waals surface area contributed by atoms with Crippen LogP contribution in [-0.4, -0.2) is 22.6 Å². The van der Waals surface area contributed by atoms with E-state index in [9.17, 15) is 4.79 Å². The largest absolute Gasteiger partial charge is 0.481 e. The Morgan fingerprint density at radius 3 is 2.61 bits per heavy atom. The molecular formula is C14H22N2O2. The molecule has 0 fully saturated rings. The minimum atomic E-state index is -0.715. The van der Waals surface area contributed by atoms with E-state index < -0.39 is 5.97 Å². The summed E-state index contributed by atoms with van der Waals surface area (Å²) in [6.45, 7) is 5.96. The quantitative estimate of drug-likeness (QED) is 0.696. The summed E-state index contributed by atoms with van der Waals surface area (Å²) in [6, 6.07) is 3.98. The van der Waals surface area contributed by atoms with E-state index in [-0.39, 0.29) is 11.8 Å². The Morgan fingerprint density at radius 1 is 1.33 bits per heavy atom. The summed E-state index contributed by atoms with van der Waals surface area (Å²) >= 11 is 0. The zero-order valence-corrected chi connectivity index (χ0v) is 11.1. The third-order valence-corrected chi connectivity index (χ3v) is 3.07. The van der Waals surface area contributed by atoms with Gasteiger partial charge in [0.05, 0.1) is 0 Å². The van der Waals surface area contributed by atoms with E-state index >= 15 is 0 Å². The van der Waals surface area contributed by atoms with Gasteiger partial charge in [-0.3, -0.25) is 9.78 Å². The molecule has 0 saturated heterocycles. The highest BCUT2D eigenvalue weighted by atomic mass is 16.4. The lowest BCUT2D eigenvalue weighted by Gasteiger charge is -2.23. The molecule has 0 spiro atoms. The van der Waals surface area contributed by atoms with Crippen LogP contribution in [0.15, 0.2) is 24.5 Å². The molecule has 4 nitrogen and oxygen atoms in total. The van der Waals surface area contributed by atoms with Crippen molar-refractivity contribution in [2.24, 2.45) is 5.41 Å². The predicted molar refractivity (Wildman–Crippen MR) is 71.2 cm³/mol. The van der Waals surface area contributed by atoms with Crippen LogP contribution in [0.1, 0.15) is 38.7 Å². The summed E-state index contributed by atoms with van der Waals surface area (Å²) in [4.78, 5) is 14.5. The van der Waals surface area contributed by atoms with Crippen LogP contribution in [0.25, 0.3) is 0 Å². The molecule has 0 aliphatic carbocycles. The molecule has 0 radical (unpaired) electrons. The molecule has 1 heterocycles. The van der Waals surface area contributed by atoms with E-state index in [1.165, 1.54) is 5.56 Å². The molecule has 1 aromatic rings. The number of hydrogen-bond donors (Lipinski definition) is 2. The summed E-state index contributed by atoms with van der Waals surface area (Å²) in [5.41, 5.74) is 1.29. The predicted octanol–water partition coefficient (Wildman–Crippen LogP) is 2.45. The smallest absolute Gasteiger partial charge is 0.303 e. The SMILES string of the molecule is CC(C)(CCNCc1ccncc1)CCC(=O)O. The molecule has 0 bridgehead atoms. The topological polar surface area (TPSA) is 62.2 Å². The van der Waals surface area contributed by atoms with Gasteiger partial charge in [-0.2, -0.15) is 0 Å². The third-order valence-electron chi connectivity index (χ3n) is 3.07. The maximum atomic E-state index is 10.5. The van der Waals surface area contributed by atoms with Crippen LogP contribution in [0.4, 0.5) is 0 Å². The summed E-state index contributed by atoms with van der Waals surface area (Å²) in [7, 11) is 0. The highest BCUT2D eigenvalue weighted by Gasteiger charge is 2.18. The molecule has 0 aliphatic rings. The second-order valence-corrected chi connectivity index (χ2v) is 5.34. The zero-order chi connectivity index (χ0) is 13.4. The fraction of sp³-hybridized carbons (Fsp3) is 0.571. The molecule has 0 saturated carbocycles. The number of pyridine rings is 1. The normalized spacial score (nSPS) is 11.4. The van der Waals surface area contributed by atoms with Crippen molar-refractivity contribution in [3.05, 3.63) is 30.1 Å². The molecule has 1 aromatic heterocycles. The van der Waals surface area contributed by atoms with Crippen LogP contribution in [0.2, 0.25) is 0 Å². The van der Waals surface area contributed by atoms with Crippen LogP contribution in [0.3, 0.4) is 0 Å². The fourth-order valence-corrected chi connectivity index (χ4v) is 1.73. The molecule has 0 aromatic carbocycles. The van der Waals surface area contributed by atoms with Gasteiger partial charge in [0.15, 0.2) is 0 Å². The Hall–Kier alpha value is -1.42. The first-order valence-corrected chi connectivity index (χ1v) is 6.31. The first kappa shape index (κ1) is 14.6. The van der Waals surface area contributed by atoms with Crippen LogP contribution in [-0.2, 0) is 11.3 Å². The van der Waals surface area contributed by atoms with E-state index in [0.717, 1.165) is 25.9 Å². The van der Waals surface area contributed by atoms with Crippen molar-refractivity contribution >= 4 is 5.97 Å². The van der Waals surface area contributed by atoms with Crippen molar-refractivity contribution in [2.75, 3.05) is 6.54 Å². The Labute approximate surface area is 108 Å². The van der Waals surface area contributed by atoms with E-state index in [4.69, 9.17) is 5.11 Å². The van der Waals surface area contributed by atoms with Crippen molar-refractivity contribution in [1.82, 2.24) is 10.3 Å². The number of rotatable bonds is 8. The lowest BCUT2D eigenvalue weighted by Crippen LogP contribution is -2.23. The van der Waals surface area contributed by atoms with Gasteiger partial charge in [-0.05, 0) is 42.5 Å². The van der Waals surface area contributed by atoms with Crippen molar-refractivity contribution in [3.8, 4) is 0 Å². The van der Waals surface area contributed by atoms with Gasteiger partial charge in [-0.15, -0.1) is 0 Å². The van der Waals surface area contributed by atoms with Crippen LogP contribution in [0.5, 0.6) is 0 Å². The lowest BCUT2D eigenvalue weighted by atomic mass is 9.84. The number of carboxylic acid groups (broad SMARTS) is 1. The second kappa shape index (κ2) is 7.11. The molecule has 0 amide bonds. The van der Waals surface area contributed by atoms with Gasteiger partial charge in [0.2, 0.25) is 0 Å². The van der Waals surface area contributed by atoms with Gasteiger partial charge >= 0.3 is 5.97 Å². The highest BCUT2D eigenvalue weighted by Crippen LogP contribution is 2.25. The Bertz CT molecular complexity index is 363. The summed E-state index contributed by atoms with van der Waals surface area (Å²) in [5, 5.41) is 12.0. The molecule has 4 heteroatoms. The van der Waals surface area contributed by atoms with E-state index in [2.05, 4.69) is 24.1 Å². The Balaban J connectivity index is 2.18. The molecule has 18 heavy (non-hydrogen) atoms. The minimum Gasteiger partial charge on any atom is -0.481 e. The molecule has 0 aliphatic heterocycles. The first-order chi connectivity index (χ1) is 8.49. The van der Waals surface area contributed by atoms with Gasteiger partial charge < -0.3 is 10.4 Å². The monoisotopic (exact) mass is 250 g/mol. The van der Waals surface area contributed by atoms with E-state index in [0.29, 0.717) is 0 Å². The van der Waals surface area contributed by atoms with Crippen molar-refractivity contribution < 1.29 is 9.90 Å². The number of carboxylic acids is 1. The third kappa shape index (κ3) is 6.35. The second-order valence-electron chi connectivity index (χ2n) is 5.34. The standard InChI is InChI=1S/C14H22N2O2/c1-14(2,6-3-13(17)18)7-10-16-11-12-4-8-15-9-5-12/h4-5,8-9,16H,3,6-7,10-11H2,1-2H3,(H,17,18). The number of nitrogens with zero attached hydrogens (tertiary/aromatic N) is 1. The molecule has 0 unspecified atom stereocenters. The highest BCUT2D eigenvalue weighted by molar-refractivity contribution is 5.66. The minimum absolute atomic E-state index is 0.0730. The summed E-state index contributed by atoms with van der Waals surface area (Å²) in [5.74, 6) is -0.715. The molecule has 1 rings (SSSR count). The lowest BCUT2D eigenvalue weighted by molar-refractivity contribution is -0.137. The van der Waals surface area contributed by atoms with Crippen LogP contribution < -0.4 is 5.32 Å². The van der Waals surface area contributed by atoms with Crippen molar-refractivity contribution in [2.45, 2.75) is 39.7 Å². The number of carbonyl (C=O) groups is 1. The average molecular weight is 250 g/mol. The number of nitrogens with one attached hydrogen (secondary N) is 1. The summed E-state index contributed by atoms with van der Waals surface area (Å²) in [6.07, 6.45) is 5.52. The van der Waals surface area contributed by atoms with E-state index in [1.54, 1.807) is 12.4 Å². The Morgan fingerprint density at radius 2 is 2.00 bits per heavy atom. The van der Waals surface area contributed by atoms with Crippen LogP contribution >= 0.6 is 0 Å². The first-order valence-electron chi connectivity index (χ1n) is 6.31. The number of aromatic nitrogens is 1. The number of hydrogen-bond acceptors (Lipinski definition) is 3. The molecule has 2 N–H and O–H groups in total. The molecule has 100 valence electrons. The maximum absolute atomic E-state index is 10.5. The average Bonchev–Trinajstić information content (AvgIpc) is 2.34. The fourth-order valence-electron chi connectivity index (χ4n) is 1.73. The zero-order valence-electron chi connectivity index (χ0n) is 11.1. The van der Waals surface area contributed by atoms with Gasteiger partial charge in [-0.25, -0.2) is 0 Å². The molecular weight excluding hydrogens is 228 g/mol. The van der Waals surface area contributed by atoms with Gasteiger partial charge in [0.25, 0.3) is 0 Å². The molecule has 0 atom stereocenters. The maximum Gasteiger partial charge on any atom is 0.303 e. The van der Waals surface area contributed by atoms with Crippen molar-refractivity contribution in [1.29, 1.82) is 0 Å². The van der Waals surface area contributed by atoms with Crippen molar-refractivity contribution in [3.63, 3.8) is 0 Å². The van der Waals surface area contributed by atoms with Gasteiger partial charge in [0.1, 0.15) is 0 Å². The summed E-state index contributed by atoms with van der Waals surface area (Å²) < 4.78 is 0. The van der Waals surface area contributed by atoms with Gasteiger partial charge in [0, 0.05) is 25.4 Å². The number of aliphatic carboxylic acids is 1. The Kier molecular flexibility index (Phi) is 5.78. The van der Waals surface area contributed by atoms with E-state index in [1.807, 2.05) is 12.1 Å².